The third-order valence-electron chi connectivity index (χ3n) is 4.83. The van der Waals surface area contributed by atoms with Gasteiger partial charge in [-0.25, -0.2) is 8.42 Å². The van der Waals surface area contributed by atoms with Crippen molar-refractivity contribution in [2.24, 2.45) is 0 Å². The van der Waals surface area contributed by atoms with E-state index < -0.39 is 10.0 Å². The number of hydrogen-bond donors (Lipinski definition) is 1. The van der Waals surface area contributed by atoms with Crippen molar-refractivity contribution in [1.29, 1.82) is 0 Å². The Morgan fingerprint density at radius 2 is 1.79 bits per heavy atom. The summed E-state index contributed by atoms with van der Waals surface area (Å²) in [6, 6.07) is 13.2. The van der Waals surface area contributed by atoms with E-state index in [-0.39, 0.29) is 25.0 Å². The number of carbonyl (C=O) groups excluding carboxylic acids is 1. The minimum absolute atomic E-state index is 0.158. The Kier molecular flexibility index (Phi) is 7.81. The van der Waals surface area contributed by atoms with Crippen molar-refractivity contribution < 1.29 is 17.9 Å². The molecular weight excluding hydrogens is 388 g/mol. The molecule has 158 valence electrons. The van der Waals surface area contributed by atoms with E-state index in [4.69, 9.17) is 4.74 Å². The van der Waals surface area contributed by atoms with Crippen molar-refractivity contribution in [3.05, 3.63) is 64.7 Å². The van der Waals surface area contributed by atoms with Gasteiger partial charge in [0.15, 0.2) is 0 Å². The predicted molar refractivity (Wildman–Crippen MR) is 115 cm³/mol. The molecule has 0 aromatic heterocycles. The Bertz CT molecular complexity index is 940. The van der Waals surface area contributed by atoms with Gasteiger partial charge in [0.2, 0.25) is 15.9 Å². The van der Waals surface area contributed by atoms with E-state index in [0.717, 1.165) is 34.3 Å². The van der Waals surface area contributed by atoms with E-state index >= 15 is 0 Å². The summed E-state index contributed by atoms with van der Waals surface area (Å²) < 4.78 is 30.9. The van der Waals surface area contributed by atoms with Gasteiger partial charge in [-0.3, -0.25) is 4.79 Å². The average Bonchev–Trinajstić information content (AvgIpc) is 2.66. The quantitative estimate of drug-likeness (QED) is 0.678. The maximum atomic E-state index is 12.7. The molecule has 1 atom stereocenters. The highest BCUT2D eigenvalue weighted by Gasteiger charge is 2.22. The largest absolute Gasteiger partial charge is 0.496 e. The first-order valence-electron chi connectivity index (χ1n) is 9.58. The van der Waals surface area contributed by atoms with Crippen LogP contribution in [0.15, 0.2) is 42.5 Å². The molecule has 0 radical (unpaired) electrons. The van der Waals surface area contributed by atoms with Gasteiger partial charge in [-0.1, -0.05) is 48.9 Å². The van der Waals surface area contributed by atoms with Crippen molar-refractivity contribution >= 4 is 15.9 Å². The standard InChI is InChI=1S/C22H30N2O4S/c1-6-20(19-11-12-21(28-4)17(3)13-19)23-22(25)15-24(29(5,26)27)14-18-9-7-16(2)8-10-18/h7-13,20H,6,14-15H2,1-5H3,(H,23,25)/t20-/m0/s1. The van der Waals surface area contributed by atoms with Gasteiger partial charge in [0.25, 0.3) is 0 Å². The van der Waals surface area contributed by atoms with Gasteiger partial charge < -0.3 is 10.1 Å². The van der Waals surface area contributed by atoms with E-state index in [2.05, 4.69) is 5.32 Å². The van der Waals surface area contributed by atoms with Crippen LogP contribution in [-0.2, 0) is 21.4 Å². The minimum atomic E-state index is -3.54. The molecule has 1 N–H and O–H groups in total. The number of ether oxygens (including phenoxy) is 1. The Morgan fingerprint density at radius 1 is 1.14 bits per heavy atom. The molecule has 6 nitrogen and oxygen atoms in total. The summed E-state index contributed by atoms with van der Waals surface area (Å²) in [4.78, 5) is 12.7. The molecule has 0 saturated heterocycles. The molecule has 0 aliphatic heterocycles. The van der Waals surface area contributed by atoms with Crippen LogP contribution in [0.5, 0.6) is 5.75 Å². The second kappa shape index (κ2) is 9.89. The molecule has 0 fully saturated rings. The number of hydrogen-bond acceptors (Lipinski definition) is 4. The van der Waals surface area contributed by atoms with Crippen molar-refractivity contribution in [3.8, 4) is 5.75 Å². The van der Waals surface area contributed by atoms with Crippen LogP contribution in [0, 0.1) is 13.8 Å². The Morgan fingerprint density at radius 3 is 2.31 bits per heavy atom. The van der Waals surface area contributed by atoms with Crippen LogP contribution >= 0.6 is 0 Å². The van der Waals surface area contributed by atoms with Crippen LogP contribution in [0.25, 0.3) is 0 Å². The van der Waals surface area contributed by atoms with Crippen molar-refractivity contribution in [1.82, 2.24) is 9.62 Å². The summed E-state index contributed by atoms with van der Waals surface area (Å²) in [5, 5.41) is 2.96. The lowest BCUT2D eigenvalue weighted by molar-refractivity contribution is -0.122. The van der Waals surface area contributed by atoms with E-state index in [1.807, 2.05) is 63.2 Å². The summed E-state index contributed by atoms with van der Waals surface area (Å²) in [5.41, 5.74) is 3.88. The van der Waals surface area contributed by atoms with Crippen LogP contribution < -0.4 is 10.1 Å². The third-order valence-corrected chi connectivity index (χ3v) is 6.03. The first-order valence-corrected chi connectivity index (χ1v) is 11.4. The minimum Gasteiger partial charge on any atom is -0.496 e. The van der Waals surface area contributed by atoms with E-state index in [1.165, 1.54) is 4.31 Å². The number of methoxy groups -OCH3 is 1. The summed E-state index contributed by atoms with van der Waals surface area (Å²) >= 11 is 0. The number of benzene rings is 2. The molecule has 0 aliphatic carbocycles. The third kappa shape index (κ3) is 6.58. The monoisotopic (exact) mass is 418 g/mol. The molecule has 0 aliphatic rings. The highest BCUT2D eigenvalue weighted by molar-refractivity contribution is 7.88. The first kappa shape index (κ1) is 22.9. The van der Waals surface area contributed by atoms with Gasteiger partial charge in [-0.05, 0) is 43.0 Å². The second-order valence-corrected chi connectivity index (χ2v) is 9.26. The molecule has 2 aromatic carbocycles. The fourth-order valence-electron chi connectivity index (χ4n) is 3.13. The van der Waals surface area contributed by atoms with Gasteiger partial charge in [0, 0.05) is 6.54 Å². The highest BCUT2D eigenvalue weighted by Crippen LogP contribution is 2.24. The first-order chi connectivity index (χ1) is 13.6. The van der Waals surface area contributed by atoms with E-state index in [9.17, 15) is 13.2 Å². The average molecular weight is 419 g/mol. The summed E-state index contributed by atoms with van der Waals surface area (Å²) in [5.74, 6) is 0.458. The van der Waals surface area contributed by atoms with Crippen LogP contribution in [0.4, 0.5) is 0 Å². The van der Waals surface area contributed by atoms with Crippen molar-refractivity contribution in [2.45, 2.75) is 39.8 Å². The van der Waals surface area contributed by atoms with Crippen LogP contribution in [0.1, 0.15) is 41.6 Å². The van der Waals surface area contributed by atoms with Crippen molar-refractivity contribution in [2.75, 3.05) is 19.9 Å². The smallest absolute Gasteiger partial charge is 0.235 e. The molecule has 0 spiro atoms. The molecule has 2 aromatic rings. The molecule has 1 amide bonds. The van der Waals surface area contributed by atoms with E-state index in [0.29, 0.717) is 6.42 Å². The summed E-state index contributed by atoms with van der Waals surface area (Å²) in [7, 11) is -1.92. The SMILES string of the molecule is CC[C@H](NC(=O)CN(Cc1ccc(C)cc1)S(C)(=O)=O)c1ccc(OC)c(C)c1. The van der Waals surface area contributed by atoms with Gasteiger partial charge in [-0.15, -0.1) is 0 Å². The number of aryl methyl sites for hydroxylation is 2. The Balaban J connectivity index is 2.11. The summed E-state index contributed by atoms with van der Waals surface area (Å²) in [6.07, 6.45) is 1.81. The topological polar surface area (TPSA) is 75.7 Å². The molecule has 0 bridgehead atoms. The number of nitrogens with one attached hydrogen (secondary N) is 1. The number of carbonyl (C=O) groups is 1. The molecule has 0 unspecified atom stereocenters. The zero-order valence-corrected chi connectivity index (χ0v) is 18.5. The fraction of sp³-hybridized carbons (Fsp3) is 0.409. The van der Waals surface area contributed by atoms with Crippen LogP contribution in [-0.4, -0.2) is 38.5 Å². The molecule has 7 heteroatoms. The molecule has 0 saturated carbocycles. The predicted octanol–water partition coefficient (Wildman–Crippen LogP) is 3.34. The molecule has 2 rings (SSSR count). The molecule has 29 heavy (non-hydrogen) atoms. The number of nitrogens with zero attached hydrogens (tertiary/aromatic N) is 1. The van der Waals surface area contributed by atoms with Crippen molar-refractivity contribution in [3.63, 3.8) is 0 Å². The zero-order valence-electron chi connectivity index (χ0n) is 17.7. The van der Waals surface area contributed by atoms with Gasteiger partial charge in [-0.2, -0.15) is 4.31 Å². The second-order valence-electron chi connectivity index (χ2n) is 7.27. The fourth-order valence-corrected chi connectivity index (χ4v) is 3.86. The maximum absolute atomic E-state index is 12.7. The normalized spacial score (nSPS) is 12.6. The lowest BCUT2D eigenvalue weighted by Gasteiger charge is -2.23. The number of sulfonamides is 1. The maximum Gasteiger partial charge on any atom is 0.235 e. The number of amides is 1. The lowest BCUT2D eigenvalue weighted by Crippen LogP contribution is -2.41. The highest BCUT2D eigenvalue weighted by atomic mass is 32.2. The molecule has 0 heterocycles. The van der Waals surface area contributed by atoms with E-state index in [1.54, 1.807) is 7.11 Å². The Hall–Kier alpha value is -2.38. The summed E-state index contributed by atoms with van der Waals surface area (Å²) in [6.45, 7) is 5.83. The molecular formula is C22H30N2O4S. The van der Waals surface area contributed by atoms with Gasteiger partial charge >= 0.3 is 0 Å². The Labute approximate surface area is 173 Å². The number of rotatable bonds is 9. The lowest BCUT2D eigenvalue weighted by atomic mass is 10.0. The van der Waals surface area contributed by atoms with Gasteiger partial charge in [0.05, 0.1) is 26.0 Å². The zero-order chi connectivity index (χ0) is 21.6. The van der Waals surface area contributed by atoms with Crippen LogP contribution in [0.2, 0.25) is 0 Å². The van der Waals surface area contributed by atoms with Crippen LogP contribution in [0.3, 0.4) is 0 Å². The van der Waals surface area contributed by atoms with Gasteiger partial charge in [0.1, 0.15) is 5.75 Å².